The average molecular weight is 303 g/mol. The Labute approximate surface area is 124 Å². The van der Waals surface area contributed by atoms with Gasteiger partial charge in [-0.2, -0.15) is 0 Å². The van der Waals surface area contributed by atoms with Gasteiger partial charge in [-0.05, 0) is 26.4 Å². The smallest absolute Gasteiger partial charge is 0.326 e. The Balaban J connectivity index is 4.58. The highest BCUT2D eigenvalue weighted by Crippen LogP contribution is 2.05. The molecule has 0 aliphatic rings. The molecule has 2 amide bonds. The molecule has 0 bridgehead atoms. The fraction of sp³-hybridized carbons (Fsp3) is 0.769. The molecule has 0 aromatic carbocycles. The molecule has 4 N–H and O–H groups in total. The number of carboxylic acids is 2. The van der Waals surface area contributed by atoms with Crippen molar-refractivity contribution >= 4 is 18.0 Å². The molecule has 122 valence electrons. The molecule has 0 heterocycles. The summed E-state index contributed by atoms with van der Waals surface area (Å²) in [6, 6.07) is -2.25. The fourth-order valence-corrected chi connectivity index (χ4v) is 1.95. The molecule has 0 aromatic heterocycles. The van der Waals surface area contributed by atoms with Crippen molar-refractivity contribution < 1.29 is 24.6 Å². The van der Waals surface area contributed by atoms with Crippen LogP contribution in [0.15, 0.2) is 0 Å². The van der Waals surface area contributed by atoms with Crippen molar-refractivity contribution in [3.8, 4) is 0 Å². The molecule has 0 aliphatic carbocycles. The van der Waals surface area contributed by atoms with Crippen LogP contribution >= 0.6 is 0 Å². The lowest BCUT2D eigenvalue weighted by molar-refractivity contribution is -0.145. The van der Waals surface area contributed by atoms with Gasteiger partial charge in [0, 0.05) is 12.6 Å². The summed E-state index contributed by atoms with van der Waals surface area (Å²) in [7, 11) is 3.74. The van der Waals surface area contributed by atoms with Crippen LogP contribution in [-0.4, -0.2) is 65.8 Å². The van der Waals surface area contributed by atoms with E-state index in [1.807, 2.05) is 32.8 Å². The topological polar surface area (TPSA) is 119 Å². The Morgan fingerprint density at radius 3 is 2.05 bits per heavy atom. The molecule has 0 saturated carbocycles. The minimum Gasteiger partial charge on any atom is -0.481 e. The number of carboxylic acid groups (broad SMARTS) is 2. The Morgan fingerprint density at radius 2 is 1.67 bits per heavy atom. The van der Waals surface area contributed by atoms with Gasteiger partial charge in [-0.25, -0.2) is 9.59 Å². The van der Waals surface area contributed by atoms with Crippen molar-refractivity contribution in [3.05, 3.63) is 0 Å². The quantitative estimate of drug-likeness (QED) is 0.483. The Hall–Kier alpha value is -1.83. The van der Waals surface area contributed by atoms with Crippen LogP contribution in [0.1, 0.15) is 26.7 Å². The van der Waals surface area contributed by atoms with Crippen LogP contribution < -0.4 is 10.6 Å². The van der Waals surface area contributed by atoms with E-state index in [1.54, 1.807) is 0 Å². The molecule has 0 aliphatic heterocycles. The Morgan fingerprint density at radius 1 is 1.10 bits per heavy atom. The van der Waals surface area contributed by atoms with Crippen molar-refractivity contribution in [1.29, 1.82) is 0 Å². The summed E-state index contributed by atoms with van der Waals surface area (Å²) >= 11 is 0. The van der Waals surface area contributed by atoms with Crippen molar-refractivity contribution in [3.63, 3.8) is 0 Å². The maximum absolute atomic E-state index is 11.8. The predicted octanol–water partition coefficient (Wildman–Crippen LogP) is 0.190. The van der Waals surface area contributed by atoms with E-state index < -0.39 is 30.4 Å². The lowest BCUT2D eigenvalue weighted by Gasteiger charge is -2.24. The van der Waals surface area contributed by atoms with Crippen molar-refractivity contribution in [1.82, 2.24) is 15.5 Å². The maximum Gasteiger partial charge on any atom is 0.326 e. The standard InChI is InChI=1S/C13H25N3O5/c1-8(2)5-9(7-16(3)4)14-13(21)15-10(12(19)20)6-11(17)18/h8-10H,5-7H2,1-4H3,(H,17,18)(H,19,20)(H2,14,15,21)/t9?,10-/m0/s1. The highest BCUT2D eigenvalue weighted by atomic mass is 16.4. The largest absolute Gasteiger partial charge is 0.481 e. The summed E-state index contributed by atoms with van der Waals surface area (Å²) in [6.45, 7) is 4.65. The summed E-state index contributed by atoms with van der Waals surface area (Å²) in [5.74, 6) is -2.29. The van der Waals surface area contributed by atoms with Gasteiger partial charge in [0.2, 0.25) is 0 Å². The second-order valence-corrected chi connectivity index (χ2v) is 5.70. The lowest BCUT2D eigenvalue weighted by Crippen LogP contribution is -2.52. The average Bonchev–Trinajstić information content (AvgIpc) is 2.24. The minimum absolute atomic E-state index is 0.140. The zero-order valence-electron chi connectivity index (χ0n) is 12.9. The van der Waals surface area contributed by atoms with Gasteiger partial charge < -0.3 is 25.7 Å². The molecule has 0 aromatic rings. The van der Waals surface area contributed by atoms with Crippen LogP contribution in [0.2, 0.25) is 0 Å². The molecular formula is C13H25N3O5. The summed E-state index contributed by atoms with van der Waals surface area (Å²) in [6.07, 6.45) is 0.0769. The van der Waals surface area contributed by atoms with Crippen molar-refractivity contribution in [2.24, 2.45) is 5.92 Å². The summed E-state index contributed by atoms with van der Waals surface area (Å²) in [4.78, 5) is 35.2. The number of hydrogen-bond acceptors (Lipinski definition) is 4. The highest BCUT2D eigenvalue weighted by molar-refractivity contribution is 5.86. The van der Waals surface area contributed by atoms with Gasteiger partial charge in [0.25, 0.3) is 0 Å². The summed E-state index contributed by atoms with van der Waals surface area (Å²) in [5.41, 5.74) is 0. The first-order chi connectivity index (χ1) is 9.61. The zero-order valence-corrected chi connectivity index (χ0v) is 12.9. The van der Waals surface area contributed by atoms with Gasteiger partial charge in [-0.1, -0.05) is 13.8 Å². The van der Waals surface area contributed by atoms with Gasteiger partial charge >= 0.3 is 18.0 Å². The first kappa shape index (κ1) is 19.2. The number of urea groups is 1. The number of amides is 2. The van der Waals surface area contributed by atoms with E-state index in [0.717, 1.165) is 6.42 Å². The normalized spacial score (nSPS) is 13.8. The number of hydrogen-bond donors (Lipinski definition) is 4. The Kier molecular flexibility index (Phi) is 8.37. The van der Waals surface area contributed by atoms with E-state index in [9.17, 15) is 14.4 Å². The van der Waals surface area contributed by atoms with E-state index in [2.05, 4.69) is 10.6 Å². The minimum atomic E-state index is -1.44. The van der Waals surface area contributed by atoms with E-state index in [1.165, 1.54) is 0 Å². The van der Waals surface area contributed by atoms with Crippen LogP contribution in [0.25, 0.3) is 0 Å². The molecule has 0 rings (SSSR count). The monoisotopic (exact) mass is 303 g/mol. The number of nitrogens with one attached hydrogen (secondary N) is 2. The first-order valence-electron chi connectivity index (χ1n) is 6.78. The first-order valence-corrected chi connectivity index (χ1v) is 6.78. The van der Waals surface area contributed by atoms with Gasteiger partial charge in [-0.3, -0.25) is 4.79 Å². The number of carbonyl (C=O) groups excluding carboxylic acids is 1. The van der Waals surface area contributed by atoms with Crippen LogP contribution in [0.4, 0.5) is 4.79 Å². The van der Waals surface area contributed by atoms with Crippen LogP contribution in [0.3, 0.4) is 0 Å². The van der Waals surface area contributed by atoms with Crippen molar-refractivity contribution in [2.45, 2.75) is 38.8 Å². The zero-order chi connectivity index (χ0) is 16.6. The van der Waals surface area contributed by atoms with E-state index in [-0.39, 0.29) is 6.04 Å². The highest BCUT2D eigenvalue weighted by Gasteiger charge is 2.24. The van der Waals surface area contributed by atoms with Crippen LogP contribution in [0, 0.1) is 5.92 Å². The lowest BCUT2D eigenvalue weighted by atomic mass is 10.0. The second-order valence-electron chi connectivity index (χ2n) is 5.70. The predicted molar refractivity (Wildman–Crippen MR) is 77.1 cm³/mol. The molecule has 0 saturated heterocycles. The number of rotatable bonds is 9. The maximum atomic E-state index is 11.8. The molecule has 8 nitrogen and oxygen atoms in total. The molecule has 0 fully saturated rings. The third-order valence-corrected chi connectivity index (χ3v) is 2.66. The second kappa shape index (κ2) is 9.17. The van der Waals surface area contributed by atoms with E-state index in [4.69, 9.17) is 10.2 Å². The molecule has 1 unspecified atom stereocenters. The third kappa shape index (κ3) is 9.67. The molecular weight excluding hydrogens is 278 g/mol. The number of nitrogens with zero attached hydrogens (tertiary/aromatic N) is 1. The molecule has 2 atom stereocenters. The van der Waals surface area contributed by atoms with Gasteiger partial charge in [0.05, 0.1) is 6.42 Å². The van der Waals surface area contributed by atoms with Gasteiger partial charge in [-0.15, -0.1) is 0 Å². The molecule has 8 heteroatoms. The van der Waals surface area contributed by atoms with E-state index >= 15 is 0 Å². The van der Waals surface area contributed by atoms with Gasteiger partial charge in [0.1, 0.15) is 6.04 Å². The summed E-state index contributed by atoms with van der Waals surface area (Å²) < 4.78 is 0. The summed E-state index contributed by atoms with van der Waals surface area (Å²) in [5, 5.41) is 22.4. The fourth-order valence-electron chi connectivity index (χ4n) is 1.95. The van der Waals surface area contributed by atoms with Crippen molar-refractivity contribution in [2.75, 3.05) is 20.6 Å². The van der Waals surface area contributed by atoms with E-state index in [0.29, 0.717) is 12.5 Å². The molecule has 0 spiro atoms. The third-order valence-electron chi connectivity index (χ3n) is 2.66. The molecule has 0 radical (unpaired) electrons. The SMILES string of the molecule is CC(C)CC(CN(C)C)NC(=O)N[C@@H](CC(=O)O)C(=O)O. The number of aliphatic carboxylic acids is 2. The molecule has 21 heavy (non-hydrogen) atoms. The van der Waals surface area contributed by atoms with Crippen LogP contribution in [-0.2, 0) is 9.59 Å². The van der Waals surface area contributed by atoms with Gasteiger partial charge in [0.15, 0.2) is 0 Å². The Bertz CT molecular complexity index is 361. The number of carbonyl (C=O) groups is 3. The van der Waals surface area contributed by atoms with Crippen LogP contribution in [0.5, 0.6) is 0 Å². The number of likely N-dealkylation sites (N-methyl/N-ethyl adjacent to an activating group) is 1.